The minimum atomic E-state index is -0.196. The van der Waals surface area contributed by atoms with Crippen molar-refractivity contribution in [2.24, 2.45) is 0 Å². The molecule has 3 aromatic rings. The highest BCUT2D eigenvalue weighted by atomic mass is 16.5. The quantitative estimate of drug-likeness (QED) is 0.266. The number of rotatable bonds is 6. The van der Waals surface area contributed by atoms with Crippen molar-refractivity contribution in [3.8, 4) is 11.5 Å². The number of hydrogen-bond donors (Lipinski definition) is 3. The maximum atomic E-state index is 12.6. The Hall–Kier alpha value is -3.80. The normalized spacial score (nSPS) is 10.7. The number of aromatic nitrogens is 1. The molecule has 0 saturated heterocycles. The molecular formula is C21H19N3O3. The zero-order valence-electron chi connectivity index (χ0n) is 14.7. The lowest BCUT2D eigenvalue weighted by Crippen LogP contribution is -2.03. The molecule has 4 N–H and O–H groups in total. The Morgan fingerprint density at radius 3 is 2.67 bits per heavy atom. The van der Waals surface area contributed by atoms with E-state index in [1.165, 1.54) is 6.08 Å². The summed E-state index contributed by atoms with van der Waals surface area (Å²) < 4.78 is 5.13. The van der Waals surface area contributed by atoms with E-state index < -0.39 is 0 Å². The van der Waals surface area contributed by atoms with Crippen LogP contribution < -0.4 is 15.8 Å². The van der Waals surface area contributed by atoms with Gasteiger partial charge in [0.15, 0.2) is 5.78 Å². The smallest absolute Gasteiger partial charge is 0.189 e. The number of pyridine rings is 1. The molecule has 27 heavy (non-hydrogen) atoms. The Balaban J connectivity index is 1.80. The summed E-state index contributed by atoms with van der Waals surface area (Å²) in [5, 5.41) is 12.5. The van der Waals surface area contributed by atoms with Gasteiger partial charge in [-0.2, -0.15) is 0 Å². The summed E-state index contributed by atoms with van der Waals surface area (Å²) in [6.07, 6.45) is 4.77. The van der Waals surface area contributed by atoms with Crippen LogP contribution in [0.5, 0.6) is 11.5 Å². The number of anilines is 3. The van der Waals surface area contributed by atoms with Crippen molar-refractivity contribution in [3.05, 3.63) is 78.0 Å². The molecule has 0 atom stereocenters. The molecule has 0 radical (unpaired) electrons. The first-order valence-corrected chi connectivity index (χ1v) is 8.24. The molecular weight excluding hydrogens is 342 g/mol. The Kier molecular flexibility index (Phi) is 5.37. The first-order chi connectivity index (χ1) is 13.1. The molecule has 0 aliphatic carbocycles. The fourth-order valence-electron chi connectivity index (χ4n) is 2.50. The average molecular weight is 361 g/mol. The van der Waals surface area contributed by atoms with Crippen LogP contribution in [0.15, 0.2) is 66.9 Å². The summed E-state index contributed by atoms with van der Waals surface area (Å²) >= 11 is 0. The summed E-state index contributed by atoms with van der Waals surface area (Å²) in [6.45, 7) is 0. The SMILES string of the molecule is COc1ccc(C=CC(=O)c2cccnc2Nc2ccc(O)cc2)cc1N. The number of aromatic hydroxyl groups is 1. The lowest BCUT2D eigenvalue weighted by atomic mass is 10.1. The molecule has 0 amide bonds. The maximum Gasteiger partial charge on any atom is 0.189 e. The van der Waals surface area contributed by atoms with Crippen molar-refractivity contribution in [1.82, 2.24) is 4.98 Å². The van der Waals surface area contributed by atoms with E-state index in [4.69, 9.17) is 10.5 Å². The van der Waals surface area contributed by atoms with Crippen LogP contribution in [0.1, 0.15) is 15.9 Å². The number of methoxy groups -OCH3 is 1. The van der Waals surface area contributed by atoms with E-state index in [0.717, 1.165) is 5.56 Å². The number of nitrogen functional groups attached to an aromatic ring is 1. The van der Waals surface area contributed by atoms with E-state index in [0.29, 0.717) is 28.5 Å². The molecule has 0 saturated carbocycles. The van der Waals surface area contributed by atoms with Crippen molar-refractivity contribution in [2.75, 3.05) is 18.2 Å². The number of carbonyl (C=O) groups excluding carboxylic acids is 1. The van der Waals surface area contributed by atoms with Gasteiger partial charge in [0.25, 0.3) is 0 Å². The summed E-state index contributed by atoms with van der Waals surface area (Å²) in [5.74, 6) is 0.997. The van der Waals surface area contributed by atoms with Gasteiger partial charge in [0.2, 0.25) is 0 Å². The van der Waals surface area contributed by atoms with Gasteiger partial charge < -0.3 is 20.9 Å². The van der Waals surface area contributed by atoms with Crippen LogP contribution in [0, 0.1) is 0 Å². The topological polar surface area (TPSA) is 97.5 Å². The fourth-order valence-corrected chi connectivity index (χ4v) is 2.50. The van der Waals surface area contributed by atoms with Crippen molar-refractivity contribution < 1.29 is 14.6 Å². The van der Waals surface area contributed by atoms with Crippen LogP contribution in [-0.4, -0.2) is 23.0 Å². The molecule has 3 rings (SSSR count). The van der Waals surface area contributed by atoms with E-state index in [9.17, 15) is 9.90 Å². The number of phenolic OH excluding ortho intramolecular Hbond substituents is 1. The van der Waals surface area contributed by atoms with Crippen LogP contribution >= 0.6 is 0 Å². The third-order valence-electron chi connectivity index (χ3n) is 3.88. The second kappa shape index (κ2) is 8.05. The van der Waals surface area contributed by atoms with Crippen LogP contribution in [0.4, 0.5) is 17.2 Å². The first-order valence-electron chi connectivity index (χ1n) is 8.24. The van der Waals surface area contributed by atoms with E-state index >= 15 is 0 Å². The third kappa shape index (κ3) is 4.43. The minimum Gasteiger partial charge on any atom is -0.508 e. The molecule has 0 aliphatic rings. The number of nitrogens with two attached hydrogens (primary N) is 1. The van der Waals surface area contributed by atoms with Gasteiger partial charge in [-0.05, 0) is 60.2 Å². The Morgan fingerprint density at radius 2 is 1.96 bits per heavy atom. The third-order valence-corrected chi connectivity index (χ3v) is 3.88. The number of hydrogen-bond acceptors (Lipinski definition) is 6. The number of nitrogens with zero attached hydrogens (tertiary/aromatic N) is 1. The standard InChI is InChI=1S/C21H19N3O3/c1-27-20-11-5-14(13-18(20)22)4-10-19(26)17-3-2-12-23-21(17)24-15-6-8-16(25)9-7-15/h2-13,25H,22H2,1H3,(H,23,24). The Morgan fingerprint density at radius 1 is 1.19 bits per heavy atom. The number of ether oxygens (including phenoxy) is 1. The van der Waals surface area contributed by atoms with Gasteiger partial charge >= 0.3 is 0 Å². The molecule has 136 valence electrons. The molecule has 0 spiro atoms. The number of carbonyl (C=O) groups is 1. The molecule has 1 heterocycles. The van der Waals surface area contributed by atoms with Crippen molar-refractivity contribution in [3.63, 3.8) is 0 Å². The Bertz CT molecular complexity index is 982. The Labute approximate surface area is 156 Å². The van der Waals surface area contributed by atoms with Crippen molar-refractivity contribution in [2.45, 2.75) is 0 Å². The number of ketones is 1. The minimum absolute atomic E-state index is 0.166. The monoisotopic (exact) mass is 361 g/mol. The lowest BCUT2D eigenvalue weighted by molar-refractivity contribution is 0.104. The molecule has 0 bridgehead atoms. The van der Waals surface area contributed by atoms with Crippen LogP contribution in [0.25, 0.3) is 6.08 Å². The van der Waals surface area contributed by atoms with E-state index in [-0.39, 0.29) is 11.5 Å². The maximum absolute atomic E-state index is 12.6. The van der Waals surface area contributed by atoms with Gasteiger partial charge in [-0.25, -0.2) is 4.98 Å². The average Bonchev–Trinajstić information content (AvgIpc) is 2.68. The van der Waals surface area contributed by atoms with Gasteiger partial charge in [0, 0.05) is 11.9 Å². The van der Waals surface area contributed by atoms with Crippen LogP contribution in [0.3, 0.4) is 0 Å². The van der Waals surface area contributed by atoms with E-state index in [1.54, 1.807) is 67.9 Å². The second-order valence-electron chi connectivity index (χ2n) is 5.77. The molecule has 0 aliphatic heterocycles. The number of phenols is 1. The van der Waals surface area contributed by atoms with Gasteiger partial charge in [0.1, 0.15) is 17.3 Å². The first kappa shape index (κ1) is 18.0. The van der Waals surface area contributed by atoms with Crippen LogP contribution in [0.2, 0.25) is 0 Å². The zero-order chi connectivity index (χ0) is 19.2. The predicted molar refractivity (Wildman–Crippen MR) is 106 cm³/mol. The van der Waals surface area contributed by atoms with Gasteiger partial charge in [-0.1, -0.05) is 12.1 Å². The highest BCUT2D eigenvalue weighted by Crippen LogP contribution is 2.24. The molecule has 0 unspecified atom stereocenters. The van der Waals surface area contributed by atoms with E-state index in [2.05, 4.69) is 10.3 Å². The number of benzene rings is 2. The summed E-state index contributed by atoms with van der Waals surface area (Å²) in [6, 6.07) is 15.2. The molecule has 2 aromatic carbocycles. The highest BCUT2D eigenvalue weighted by Gasteiger charge is 2.10. The van der Waals surface area contributed by atoms with Crippen molar-refractivity contribution >= 4 is 29.1 Å². The summed E-state index contributed by atoms with van der Waals surface area (Å²) in [7, 11) is 1.55. The number of allylic oxidation sites excluding steroid dienone is 1. The lowest BCUT2D eigenvalue weighted by Gasteiger charge is -2.09. The summed E-state index contributed by atoms with van der Waals surface area (Å²) in [4.78, 5) is 16.9. The van der Waals surface area contributed by atoms with Crippen molar-refractivity contribution in [1.29, 1.82) is 0 Å². The fraction of sp³-hybridized carbons (Fsp3) is 0.0476. The molecule has 0 fully saturated rings. The van der Waals surface area contributed by atoms with Gasteiger partial charge in [0.05, 0.1) is 18.4 Å². The summed E-state index contributed by atoms with van der Waals surface area (Å²) in [5.41, 5.74) is 8.33. The van der Waals surface area contributed by atoms with Gasteiger partial charge in [-0.3, -0.25) is 4.79 Å². The second-order valence-corrected chi connectivity index (χ2v) is 5.77. The largest absolute Gasteiger partial charge is 0.508 e. The molecule has 1 aromatic heterocycles. The van der Waals surface area contributed by atoms with Crippen LogP contribution in [-0.2, 0) is 0 Å². The van der Waals surface area contributed by atoms with Gasteiger partial charge in [-0.15, -0.1) is 0 Å². The molecule has 6 heteroatoms. The number of nitrogens with one attached hydrogen (secondary N) is 1. The highest BCUT2D eigenvalue weighted by molar-refractivity contribution is 6.10. The predicted octanol–water partition coefficient (Wildman–Crippen LogP) is 4.02. The zero-order valence-corrected chi connectivity index (χ0v) is 14.7. The van der Waals surface area contributed by atoms with E-state index in [1.807, 2.05) is 6.07 Å². The molecule has 6 nitrogen and oxygen atoms in total.